The van der Waals surface area contributed by atoms with Crippen LogP contribution < -0.4 is 5.32 Å². The zero-order valence-corrected chi connectivity index (χ0v) is 41.2. The Morgan fingerprint density at radius 3 is 1.38 bits per heavy atom. The Hall–Kier alpha value is -2.63. The Balaban J connectivity index is 2.34. The van der Waals surface area contributed by atoms with Crippen LogP contribution in [-0.4, -0.2) is 87.5 Å². The van der Waals surface area contributed by atoms with Gasteiger partial charge in [0.05, 0.1) is 25.4 Å². The van der Waals surface area contributed by atoms with Crippen molar-refractivity contribution < 1.29 is 39.8 Å². The van der Waals surface area contributed by atoms with Crippen LogP contribution in [0.5, 0.6) is 0 Å². The lowest BCUT2D eigenvalue weighted by molar-refractivity contribution is -0.302. The Labute approximate surface area is 397 Å². The van der Waals surface area contributed by atoms with E-state index < -0.39 is 49.5 Å². The molecule has 0 saturated carbocycles. The molecular weight excluding hydrogens is 815 g/mol. The van der Waals surface area contributed by atoms with Crippen LogP contribution in [0.15, 0.2) is 85.1 Å². The van der Waals surface area contributed by atoms with Crippen LogP contribution in [-0.2, 0) is 14.3 Å². The van der Waals surface area contributed by atoms with E-state index in [9.17, 15) is 30.3 Å². The molecule has 1 amide bonds. The molecule has 0 radical (unpaired) electrons. The lowest BCUT2D eigenvalue weighted by Crippen LogP contribution is -2.60. The van der Waals surface area contributed by atoms with Gasteiger partial charge in [0.15, 0.2) is 6.29 Å². The molecule has 0 aromatic rings. The number of amides is 1. The van der Waals surface area contributed by atoms with Crippen molar-refractivity contribution in [1.82, 2.24) is 5.32 Å². The summed E-state index contributed by atoms with van der Waals surface area (Å²) in [6, 6.07) is -0.851. The number of aliphatic hydroxyl groups excluding tert-OH is 5. The Kier molecular flexibility index (Phi) is 42.0. The van der Waals surface area contributed by atoms with E-state index in [1.807, 2.05) is 18.2 Å². The molecule has 1 saturated heterocycles. The van der Waals surface area contributed by atoms with Gasteiger partial charge in [0, 0.05) is 6.42 Å². The van der Waals surface area contributed by atoms with Crippen LogP contribution in [0.25, 0.3) is 0 Å². The normalized spacial score (nSPS) is 20.6. The molecule has 0 aliphatic carbocycles. The molecule has 9 heteroatoms. The van der Waals surface area contributed by atoms with Crippen LogP contribution in [0.4, 0.5) is 0 Å². The zero-order valence-electron chi connectivity index (χ0n) is 41.2. The molecule has 1 aliphatic heterocycles. The number of aliphatic hydroxyl groups is 5. The summed E-state index contributed by atoms with van der Waals surface area (Å²) in [5, 5.41) is 54.3. The molecule has 1 rings (SSSR count). The SMILES string of the molecule is CC/C=C\C/C=C\C/C=C\C/C=C\C/C=C\C/C=C\CCC(=O)NC(COC1OC(CO)C(O)C(O)C1O)C(O)/C=C/CCCCCCCCCCCCCCCCCCCCCCC. The second-order valence-corrected chi connectivity index (χ2v) is 17.9. The van der Waals surface area contributed by atoms with Crippen molar-refractivity contribution in [2.24, 2.45) is 0 Å². The van der Waals surface area contributed by atoms with E-state index in [4.69, 9.17) is 9.47 Å². The maximum absolute atomic E-state index is 13.0. The van der Waals surface area contributed by atoms with Gasteiger partial charge in [0.1, 0.15) is 24.4 Å². The highest BCUT2D eigenvalue weighted by Crippen LogP contribution is 2.23. The molecule has 65 heavy (non-hydrogen) atoms. The van der Waals surface area contributed by atoms with Crippen molar-refractivity contribution in [3.8, 4) is 0 Å². The number of allylic oxidation sites excluding steroid dienone is 13. The first kappa shape index (κ1) is 60.4. The topological polar surface area (TPSA) is 149 Å². The summed E-state index contributed by atoms with van der Waals surface area (Å²) in [4.78, 5) is 13.0. The number of ether oxygens (including phenoxy) is 2. The number of unbranched alkanes of at least 4 members (excludes halogenated alkanes) is 21. The predicted molar refractivity (Wildman–Crippen MR) is 271 cm³/mol. The fourth-order valence-electron chi connectivity index (χ4n) is 7.83. The van der Waals surface area contributed by atoms with Gasteiger partial charge in [-0.25, -0.2) is 0 Å². The third-order valence-corrected chi connectivity index (χ3v) is 12.0. The van der Waals surface area contributed by atoms with E-state index in [-0.39, 0.29) is 18.9 Å². The summed E-state index contributed by atoms with van der Waals surface area (Å²) in [5.41, 5.74) is 0. The molecule has 0 aromatic heterocycles. The first-order valence-electron chi connectivity index (χ1n) is 26.3. The largest absolute Gasteiger partial charge is 0.394 e. The second kappa shape index (κ2) is 45.2. The Morgan fingerprint density at radius 1 is 0.538 bits per heavy atom. The van der Waals surface area contributed by atoms with E-state index in [2.05, 4.69) is 79.9 Å². The van der Waals surface area contributed by atoms with Gasteiger partial charge in [0.25, 0.3) is 0 Å². The van der Waals surface area contributed by atoms with Gasteiger partial charge >= 0.3 is 0 Å². The first-order valence-corrected chi connectivity index (χ1v) is 26.3. The summed E-state index contributed by atoms with van der Waals surface area (Å²) in [7, 11) is 0. The summed E-state index contributed by atoms with van der Waals surface area (Å²) in [6.07, 6.45) is 56.5. The number of carbonyl (C=O) groups is 1. The molecule has 0 aromatic carbocycles. The van der Waals surface area contributed by atoms with E-state index in [1.54, 1.807) is 6.08 Å². The smallest absolute Gasteiger partial charge is 0.220 e. The maximum Gasteiger partial charge on any atom is 0.220 e. The minimum Gasteiger partial charge on any atom is -0.394 e. The predicted octanol–water partition coefficient (Wildman–Crippen LogP) is 12.3. The third-order valence-electron chi connectivity index (χ3n) is 12.0. The fraction of sp³-hybridized carbons (Fsp3) is 0.732. The number of carbonyl (C=O) groups excluding carboxylic acids is 1. The van der Waals surface area contributed by atoms with Gasteiger partial charge in [-0.3, -0.25) is 4.79 Å². The van der Waals surface area contributed by atoms with Crippen molar-refractivity contribution in [1.29, 1.82) is 0 Å². The number of hydrogen-bond donors (Lipinski definition) is 6. The highest BCUT2D eigenvalue weighted by molar-refractivity contribution is 5.76. The quantitative estimate of drug-likeness (QED) is 0.0262. The molecular formula is C56H97NO8. The molecule has 374 valence electrons. The van der Waals surface area contributed by atoms with Gasteiger partial charge in [-0.15, -0.1) is 0 Å². The molecule has 9 nitrogen and oxygen atoms in total. The summed E-state index contributed by atoms with van der Waals surface area (Å²) in [5.74, 6) is -0.260. The van der Waals surface area contributed by atoms with E-state index in [0.29, 0.717) is 6.42 Å². The highest BCUT2D eigenvalue weighted by atomic mass is 16.7. The van der Waals surface area contributed by atoms with Crippen LogP contribution in [0.3, 0.4) is 0 Å². The molecule has 1 heterocycles. The minimum absolute atomic E-state index is 0.217. The number of rotatable bonds is 43. The summed E-state index contributed by atoms with van der Waals surface area (Å²) in [6.45, 7) is 3.62. The van der Waals surface area contributed by atoms with E-state index >= 15 is 0 Å². The Bertz CT molecular complexity index is 1290. The average Bonchev–Trinajstić information content (AvgIpc) is 3.31. The van der Waals surface area contributed by atoms with Crippen LogP contribution >= 0.6 is 0 Å². The van der Waals surface area contributed by atoms with Crippen molar-refractivity contribution >= 4 is 5.91 Å². The fourth-order valence-corrected chi connectivity index (χ4v) is 7.83. The number of hydrogen-bond acceptors (Lipinski definition) is 8. The van der Waals surface area contributed by atoms with Crippen molar-refractivity contribution in [3.05, 3.63) is 85.1 Å². The molecule has 0 spiro atoms. The van der Waals surface area contributed by atoms with Crippen LogP contribution in [0, 0.1) is 0 Å². The molecule has 1 fully saturated rings. The molecule has 6 N–H and O–H groups in total. The van der Waals surface area contributed by atoms with Crippen molar-refractivity contribution in [2.45, 2.75) is 249 Å². The highest BCUT2D eigenvalue weighted by Gasteiger charge is 2.44. The standard InChI is InChI=1S/C56H97NO8/c1-3-5-7-9-11-13-15-17-19-21-23-24-25-26-28-29-31-33-35-37-39-41-43-45-50(59)49(48-64-56-55(63)54(62)53(61)51(47-58)65-56)57-52(60)46-44-42-40-38-36-34-32-30-27-22-20-18-16-14-12-10-8-6-4-2/h6,8,12,14,18,20,27,30,34,36,40,42-43,45,49-51,53-56,58-59,61-63H,3-5,7,9-11,13,15-17,19,21-26,28-29,31-33,35,37-39,41,44,46-48H2,1-2H3,(H,57,60)/b8-6-,14-12-,20-18-,30-27-,36-34-,42-40-,45-43+. The van der Waals surface area contributed by atoms with Gasteiger partial charge in [0.2, 0.25) is 5.91 Å². The van der Waals surface area contributed by atoms with Crippen molar-refractivity contribution in [2.75, 3.05) is 13.2 Å². The van der Waals surface area contributed by atoms with Gasteiger partial charge in [-0.1, -0.05) is 227 Å². The summed E-state index contributed by atoms with van der Waals surface area (Å²) < 4.78 is 11.2. The van der Waals surface area contributed by atoms with Gasteiger partial charge in [-0.05, 0) is 57.8 Å². The number of nitrogens with one attached hydrogen (secondary N) is 1. The van der Waals surface area contributed by atoms with Crippen LogP contribution in [0.2, 0.25) is 0 Å². The van der Waals surface area contributed by atoms with Gasteiger partial charge < -0.3 is 40.3 Å². The molecule has 7 unspecified atom stereocenters. The Morgan fingerprint density at radius 2 is 0.954 bits per heavy atom. The molecule has 1 aliphatic rings. The lowest BCUT2D eigenvalue weighted by atomic mass is 9.99. The lowest BCUT2D eigenvalue weighted by Gasteiger charge is -2.40. The van der Waals surface area contributed by atoms with E-state index in [1.165, 1.54) is 122 Å². The second-order valence-electron chi connectivity index (χ2n) is 17.9. The molecule has 7 atom stereocenters. The maximum atomic E-state index is 13.0. The monoisotopic (exact) mass is 912 g/mol. The van der Waals surface area contributed by atoms with Crippen LogP contribution in [0.1, 0.15) is 206 Å². The van der Waals surface area contributed by atoms with Crippen molar-refractivity contribution in [3.63, 3.8) is 0 Å². The zero-order chi connectivity index (χ0) is 47.3. The minimum atomic E-state index is -1.58. The van der Waals surface area contributed by atoms with E-state index in [0.717, 1.165) is 57.8 Å². The van der Waals surface area contributed by atoms with Gasteiger partial charge in [-0.2, -0.15) is 0 Å². The third kappa shape index (κ3) is 35.2. The molecule has 0 bridgehead atoms. The first-order chi connectivity index (χ1) is 31.8. The summed E-state index contributed by atoms with van der Waals surface area (Å²) >= 11 is 0. The average molecular weight is 912 g/mol.